The number of carbonyl (C=O) groups excluding carboxylic acids is 2. The lowest BCUT2D eigenvalue weighted by Gasteiger charge is -2.39. The van der Waals surface area contributed by atoms with E-state index in [1.807, 2.05) is 84.8 Å². The average molecular weight is 738 g/mol. The smallest absolute Gasteiger partial charge is 0.264 e. The highest BCUT2D eigenvalue weighted by Gasteiger charge is 2.66. The van der Waals surface area contributed by atoms with Gasteiger partial charge in [0.25, 0.3) is 11.8 Å². The molecule has 8 rings (SSSR count). The predicted molar refractivity (Wildman–Crippen MR) is 204 cm³/mol. The Hall–Kier alpha value is -4.43. The molecule has 3 aromatic carbocycles. The fourth-order valence-corrected chi connectivity index (χ4v) is 12.2. The number of aliphatic hydroxyl groups excluding tert-OH is 1. The fourth-order valence-electron chi connectivity index (χ4n) is 9.64. The molecule has 2 spiro atoms. The van der Waals surface area contributed by atoms with Gasteiger partial charge in [-0.1, -0.05) is 60.7 Å². The van der Waals surface area contributed by atoms with Crippen LogP contribution in [0.15, 0.2) is 85.1 Å². The lowest BCUT2D eigenvalue weighted by Crippen LogP contribution is -2.55. The van der Waals surface area contributed by atoms with E-state index in [1.54, 1.807) is 29.7 Å². The minimum Gasteiger partial charge on any atom is -0.395 e. The zero-order valence-electron chi connectivity index (χ0n) is 30.8. The summed E-state index contributed by atoms with van der Waals surface area (Å²) in [6.07, 6.45) is 3.07. The van der Waals surface area contributed by atoms with Gasteiger partial charge in [0, 0.05) is 48.2 Å². The number of aryl methyl sites for hydroxylation is 1. The Labute approximate surface area is 310 Å². The van der Waals surface area contributed by atoms with Crippen molar-refractivity contribution < 1.29 is 23.5 Å². The Morgan fingerprint density at radius 2 is 1.70 bits per heavy atom. The Bertz CT molecular complexity index is 1990. The van der Waals surface area contributed by atoms with Gasteiger partial charge in [0.1, 0.15) is 5.54 Å². The molecule has 4 aromatic rings. The van der Waals surface area contributed by atoms with Crippen LogP contribution in [0.1, 0.15) is 48.9 Å². The first-order chi connectivity index (χ1) is 25.5. The molecule has 11 nitrogen and oxygen atoms in total. The van der Waals surface area contributed by atoms with Gasteiger partial charge in [0.05, 0.1) is 36.7 Å². The molecule has 0 bridgehead atoms. The third-order valence-electron chi connectivity index (χ3n) is 12.3. The maximum absolute atomic E-state index is 16.5. The van der Waals surface area contributed by atoms with Gasteiger partial charge in [-0.15, -0.1) is 5.10 Å². The van der Waals surface area contributed by atoms with Gasteiger partial charge in [-0.3, -0.25) is 19.2 Å². The van der Waals surface area contributed by atoms with Crippen molar-refractivity contribution in [1.29, 1.82) is 0 Å². The summed E-state index contributed by atoms with van der Waals surface area (Å²) in [6.45, 7) is 7.51. The first-order valence-electron chi connectivity index (χ1n) is 18.7. The molecule has 0 radical (unpaired) electrons. The van der Waals surface area contributed by atoms with Crippen molar-refractivity contribution in [3.8, 4) is 0 Å². The number of fused-ring (bicyclic) bond motifs is 2. The molecular weight excluding hydrogens is 690 g/mol. The molecule has 2 amide bonds. The summed E-state index contributed by atoms with van der Waals surface area (Å²) >= 11 is 0. The molecule has 4 aliphatic heterocycles. The van der Waals surface area contributed by atoms with Crippen LogP contribution < -0.4 is 20.0 Å². The molecule has 1 aromatic heterocycles. The van der Waals surface area contributed by atoms with Crippen molar-refractivity contribution in [1.82, 2.24) is 20.3 Å². The largest absolute Gasteiger partial charge is 0.395 e. The average Bonchev–Trinajstić information content (AvgIpc) is 3.88. The summed E-state index contributed by atoms with van der Waals surface area (Å²) in [5, 5.41) is 22.3. The summed E-state index contributed by atoms with van der Waals surface area (Å²) in [5.74, 6) is -0.941. The minimum absolute atomic E-state index is 0.0471. The summed E-state index contributed by atoms with van der Waals surface area (Å²) in [7, 11) is -1.65. The van der Waals surface area contributed by atoms with E-state index < -0.39 is 37.1 Å². The van der Waals surface area contributed by atoms with Gasteiger partial charge in [-0.25, -0.2) is 0 Å². The fraction of sp³-hybridized carbons (Fsp3) is 0.450. The van der Waals surface area contributed by atoms with Crippen molar-refractivity contribution in [2.24, 2.45) is 5.92 Å². The zero-order valence-corrected chi connectivity index (χ0v) is 31.8. The Kier molecular flexibility index (Phi) is 9.03. The molecule has 5 heterocycles. The van der Waals surface area contributed by atoms with Gasteiger partial charge >= 0.3 is 0 Å². The standard InChI is InChI=1S/C40H48FN7O4Si/c1-27-36(53(3,4)41)35(17-22-46-24-33(43-44-46)31(25-49)28-11-7-5-8-12-28)52-40(27)32-23-30(15-16-34(32)45(2)38(40)51)47-26-48(29-13-9-6-10-14-29)39(37(47)50)18-20-42-21-19-39/h5-16,23-24,27,31,35-36,42,49H,17-22,25-26H2,1-4H3/t27-,31?,35+,36-,40+/m1/s1. The zero-order chi connectivity index (χ0) is 37.1. The number of aromatic nitrogens is 3. The molecule has 13 heteroatoms. The number of para-hydroxylation sites is 1. The van der Waals surface area contributed by atoms with Crippen molar-refractivity contribution in [2.75, 3.05) is 48.1 Å². The molecule has 3 fully saturated rings. The number of benzene rings is 3. The second kappa shape index (κ2) is 13.5. The molecule has 0 saturated carbocycles. The third-order valence-corrected chi connectivity index (χ3v) is 14.7. The van der Waals surface area contributed by atoms with Crippen LogP contribution >= 0.6 is 0 Å². The van der Waals surface area contributed by atoms with Crippen molar-refractivity contribution in [3.63, 3.8) is 0 Å². The second-order valence-electron chi connectivity index (χ2n) is 15.6. The van der Waals surface area contributed by atoms with Crippen LogP contribution in [0.4, 0.5) is 21.2 Å². The number of ether oxygens (including phenoxy) is 1. The maximum Gasteiger partial charge on any atom is 0.264 e. The van der Waals surface area contributed by atoms with Crippen LogP contribution in [-0.2, 0) is 26.5 Å². The lowest BCUT2D eigenvalue weighted by atomic mass is 9.82. The van der Waals surface area contributed by atoms with E-state index in [2.05, 4.69) is 32.7 Å². The molecule has 2 N–H and O–H groups in total. The van der Waals surface area contributed by atoms with Crippen LogP contribution in [-0.4, -0.2) is 85.4 Å². The molecule has 0 aliphatic carbocycles. The van der Waals surface area contributed by atoms with E-state index in [1.165, 1.54) is 0 Å². The molecule has 3 saturated heterocycles. The van der Waals surface area contributed by atoms with Crippen molar-refractivity contribution >= 4 is 37.3 Å². The van der Waals surface area contributed by atoms with Gasteiger partial charge in [-0.2, -0.15) is 0 Å². The highest BCUT2D eigenvalue weighted by molar-refractivity contribution is 6.72. The number of anilines is 3. The molecule has 278 valence electrons. The van der Waals surface area contributed by atoms with Crippen LogP contribution in [0, 0.1) is 5.92 Å². The highest BCUT2D eigenvalue weighted by Crippen LogP contribution is 2.60. The summed E-state index contributed by atoms with van der Waals surface area (Å²) < 4.78 is 25.2. The lowest BCUT2D eigenvalue weighted by molar-refractivity contribution is -0.145. The van der Waals surface area contributed by atoms with Crippen molar-refractivity contribution in [3.05, 3.63) is 102 Å². The molecular formula is C40H48FN7O4Si. The van der Waals surface area contributed by atoms with Gasteiger partial charge in [-0.05, 0) is 81.3 Å². The monoisotopic (exact) mass is 737 g/mol. The van der Waals surface area contributed by atoms with Gasteiger partial charge < -0.3 is 29.1 Å². The number of nitrogens with zero attached hydrogens (tertiary/aromatic N) is 6. The number of carbonyl (C=O) groups is 2. The number of aliphatic hydroxyl groups is 1. The SMILES string of the molecule is C[C@@H]1[C@@H]([Si](C)(C)F)[C@H](CCn2cc(C(CO)c3ccccc3)nn2)O[C@@]12C(=O)N(C)c1ccc(N3CN(c4ccccc4)C4(CCNCC4)C3=O)cc12. The Morgan fingerprint density at radius 1 is 1.00 bits per heavy atom. The Balaban J connectivity index is 1.11. The number of rotatable bonds is 9. The molecule has 4 aliphatic rings. The first kappa shape index (κ1) is 35.6. The molecule has 5 atom stereocenters. The van der Waals surface area contributed by atoms with E-state index in [9.17, 15) is 14.7 Å². The number of piperidine rings is 1. The first-order valence-corrected chi connectivity index (χ1v) is 21.7. The number of nitrogens with one attached hydrogen (secondary N) is 1. The number of hydrogen-bond donors (Lipinski definition) is 2. The molecule has 53 heavy (non-hydrogen) atoms. The summed E-state index contributed by atoms with van der Waals surface area (Å²) in [5.41, 5.74) is 2.13. The molecule has 1 unspecified atom stereocenters. The number of halogens is 1. The summed E-state index contributed by atoms with van der Waals surface area (Å²) in [4.78, 5) is 34.7. The van der Waals surface area contributed by atoms with E-state index in [0.29, 0.717) is 55.1 Å². The Morgan fingerprint density at radius 3 is 2.38 bits per heavy atom. The van der Waals surface area contributed by atoms with Crippen molar-refractivity contribution in [2.45, 2.75) is 74.5 Å². The highest BCUT2D eigenvalue weighted by atomic mass is 28.4. The number of likely N-dealkylation sites (N-methyl/N-ethyl adjacent to an activating group) is 1. The van der Waals surface area contributed by atoms with E-state index in [-0.39, 0.29) is 24.3 Å². The topological polar surface area (TPSA) is 116 Å². The minimum atomic E-state index is -3.39. The number of amides is 2. The maximum atomic E-state index is 16.5. The second-order valence-corrected chi connectivity index (χ2v) is 19.4. The summed E-state index contributed by atoms with van der Waals surface area (Å²) in [6, 6.07) is 25.5. The van der Waals surface area contributed by atoms with Crippen LogP contribution in [0.25, 0.3) is 0 Å². The normalized spacial score (nSPS) is 25.9. The third kappa shape index (κ3) is 5.71. The van der Waals surface area contributed by atoms with Gasteiger partial charge in [0.15, 0.2) is 5.60 Å². The van der Waals surface area contributed by atoms with Crippen LogP contribution in [0.5, 0.6) is 0 Å². The van der Waals surface area contributed by atoms with Gasteiger partial charge in [0.2, 0.25) is 8.41 Å². The number of hydrogen-bond acceptors (Lipinski definition) is 8. The van der Waals surface area contributed by atoms with E-state index in [0.717, 1.165) is 24.3 Å². The quantitative estimate of drug-likeness (QED) is 0.179. The van der Waals surface area contributed by atoms with E-state index >= 15 is 4.11 Å². The van der Waals surface area contributed by atoms with Crippen LogP contribution in [0.3, 0.4) is 0 Å². The van der Waals surface area contributed by atoms with Crippen LogP contribution in [0.2, 0.25) is 18.6 Å². The predicted octanol–water partition coefficient (Wildman–Crippen LogP) is 5.18. The van der Waals surface area contributed by atoms with E-state index in [4.69, 9.17) is 4.74 Å².